The van der Waals surface area contributed by atoms with Crippen molar-refractivity contribution in [2.24, 2.45) is 9.98 Å². The number of hydrogen-bond donors (Lipinski definition) is 3. The first-order valence-corrected chi connectivity index (χ1v) is 34.4. The zero-order valence-corrected chi connectivity index (χ0v) is 59.7. The van der Waals surface area contributed by atoms with Gasteiger partial charge in [-0.1, -0.05) is 36.4 Å². The second-order valence-corrected chi connectivity index (χ2v) is 28.3. The highest BCUT2D eigenvalue weighted by molar-refractivity contribution is 8.13. The van der Waals surface area contributed by atoms with E-state index in [1.54, 1.807) is 50.2 Å². The van der Waals surface area contributed by atoms with E-state index < -0.39 is 95.6 Å². The molecule has 0 unspecified atom stereocenters. The molecule has 3 N–H and O–H groups in total. The number of anilines is 2. The van der Waals surface area contributed by atoms with Gasteiger partial charge in [-0.2, -0.15) is 53.3 Å². The molecule has 2 atom stereocenters. The van der Waals surface area contributed by atoms with Crippen molar-refractivity contribution >= 4 is 127 Å². The number of alkyl halides is 6. The second-order valence-electron chi connectivity index (χ2n) is 23.3. The molecule has 99 heavy (non-hydrogen) atoms. The number of ether oxygens (including phenoxy) is 4. The zero-order chi connectivity index (χ0) is 72.0. The summed E-state index contributed by atoms with van der Waals surface area (Å²) in [5.74, 6) is -3.78. The lowest BCUT2D eigenvalue weighted by Gasteiger charge is -2.34. The van der Waals surface area contributed by atoms with Crippen molar-refractivity contribution in [2.45, 2.75) is 130 Å². The molecule has 544 valence electrons. The van der Waals surface area contributed by atoms with Crippen molar-refractivity contribution < 1.29 is 100 Å². The van der Waals surface area contributed by atoms with Crippen molar-refractivity contribution in [3.63, 3.8) is 0 Å². The van der Waals surface area contributed by atoms with Gasteiger partial charge in [0.25, 0.3) is 11.8 Å². The lowest BCUT2D eigenvalue weighted by Crippen LogP contribution is -2.50. The van der Waals surface area contributed by atoms with E-state index in [1.807, 2.05) is 0 Å². The Kier molecular flexibility index (Phi) is 30.1. The van der Waals surface area contributed by atoms with E-state index in [1.165, 1.54) is 79.9 Å². The van der Waals surface area contributed by atoms with Crippen LogP contribution in [0.1, 0.15) is 112 Å². The molecule has 2 spiro atoms. The monoisotopic (exact) mass is 1490 g/mol. The van der Waals surface area contributed by atoms with Gasteiger partial charge in [-0.05, 0) is 136 Å². The third kappa shape index (κ3) is 24.3. The fourth-order valence-corrected chi connectivity index (χ4v) is 13.0. The van der Waals surface area contributed by atoms with E-state index in [0.29, 0.717) is 37.3 Å². The summed E-state index contributed by atoms with van der Waals surface area (Å²) in [4.78, 5) is 107. The number of esters is 4. The van der Waals surface area contributed by atoms with Gasteiger partial charge in [-0.15, -0.1) is 0 Å². The van der Waals surface area contributed by atoms with Gasteiger partial charge in [0.15, 0.2) is 12.2 Å². The van der Waals surface area contributed by atoms with Crippen LogP contribution in [0.4, 0.5) is 37.7 Å². The maximum atomic E-state index is 13.3. The van der Waals surface area contributed by atoms with E-state index in [0.717, 1.165) is 46.5 Å². The smallest absolute Gasteiger partial charge is 0.416 e. The van der Waals surface area contributed by atoms with Crippen LogP contribution in [-0.2, 0) is 102 Å². The van der Waals surface area contributed by atoms with E-state index >= 15 is 0 Å². The Balaban J connectivity index is 0.000000345. The van der Waals surface area contributed by atoms with Crippen LogP contribution in [0, 0.1) is 13.8 Å². The standard InChI is InChI=1S/C32H37F3N4O8S.C18H24ClNO7S.C14H14F3N3O.2H2S/c1-20-16-27(39(21(2)40)18-28(47-23(4)42)19-46-22(3)41)9-8-24(20)10-15-48(44,45)38-13-11-31(12-14-38)30(43)36-29(37-31)25-6-5-7-26(17-25)32(33,34)35;1-12-9-17(6-5-16(12)7-8-28(19,24)25)20(13(2)21)10-18(27-15(4)23)11-26-14(3)22;15-14(16,17)10-3-1-2-9(8-10)11-19-12(21)13(20-11)4-6-18-7-5-13;;/h5-9,16-17,28H,10-15,18-19H2,1-4H3,(H,36,37,43);5-6,9,18H,7-8,10-11H2,1-4H3;1-3,8,18H,4-7H2,(H,19,20,21);2*1H2/t28-;18-;;;/m00.../s1. The molecule has 4 aliphatic rings. The number of carbonyl (C=O) groups is 8. The predicted molar refractivity (Wildman–Crippen MR) is 365 cm³/mol. The lowest BCUT2D eigenvalue weighted by molar-refractivity contribution is -0.155. The molecule has 8 rings (SSSR count). The number of carbonyl (C=O) groups excluding carboxylic acids is 8. The number of aliphatic imine (C=N–C) groups is 2. The van der Waals surface area contributed by atoms with Crippen molar-refractivity contribution in [3.8, 4) is 0 Å². The number of piperidine rings is 2. The molecule has 4 amide bonds. The Morgan fingerprint density at radius 1 is 0.576 bits per heavy atom. The number of nitrogens with zero attached hydrogens (tertiary/aromatic N) is 5. The molecule has 4 heterocycles. The fraction of sp³-hybridized carbons (Fsp3) is 0.469. The average molecular weight is 1490 g/mol. The first kappa shape index (κ1) is 83.8. The van der Waals surface area contributed by atoms with Crippen LogP contribution in [0.15, 0.2) is 94.9 Å². The number of amides is 4. The molecule has 35 heteroatoms. The fourth-order valence-electron chi connectivity index (χ4n) is 10.9. The summed E-state index contributed by atoms with van der Waals surface area (Å²) in [5, 5.41) is 8.34. The molecule has 0 aliphatic carbocycles. The molecular formula is C64H79ClF6N8O16S4. The highest BCUT2D eigenvalue weighted by Gasteiger charge is 2.48. The van der Waals surface area contributed by atoms with Gasteiger partial charge < -0.3 is 44.7 Å². The van der Waals surface area contributed by atoms with Crippen LogP contribution < -0.4 is 25.8 Å². The molecule has 24 nitrogen and oxygen atoms in total. The highest BCUT2D eigenvalue weighted by atomic mass is 35.7. The summed E-state index contributed by atoms with van der Waals surface area (Å²) in [7, 11) is -2.11. The maximum absolute atomic E-state index is 13.3. The van der Waals surface area contributed by atoms with E-state index in [4.69, 9.17) is 29.6 Å². The number of sulfonamides is 1. The second kappa shape index (κ2) is 35.6. The summed E-state index contributed by atoms with van der Waals surface area (Å²) >= 11 is 0. The minimum absolute atomic E-state index is 0. The molecule has 2 fully saturated rings. The normalized spacial score (nSPS) is 16.2. The maximum Gasteiger partial charge on any atom is 0.416 e. The molecule has 2 saturated heterocycles. The van der Waals surface area contributed by atoms with Crippen LogP contribution in [0.5, 0.6) is 0 Å². The van der Waals surface area contributed by atoms with Gasteiger partial charge >= 0.3 is 36.2 Å². The molecule has 4 aromatic rings. The Morgan fingerprint density at radius 2 is 0.960 bits per heavy atom. The first-order chi connectivity index (χ1) is 45.2. The Bertz CT molecular complexity index is 3920. The van der Waals surface area contributed by atoms with Crippen LogP contribution in [0.3, 0.4) is 0 Å². The quantitative estimate of drug-likeness (QED) is 0.0326. The van der Waals surface area contributed by atoms with Gasteiger partial charge in [0.05, 0.1) is 35.7 Å². The van der Waals surface area contributed by atoms with E-state index in [2.05, 4.69) is 25.9 Å². The van der Waals surface area contributed by atoms with Gasteiger partial charge in [-0.3, -0.25) is 48.3 Å². The number of benzene rings is 4. The number of halogens is 7. The van der Waals surface area contributed by atoms with Gasteiger partial charge in [-0.25, -0.2) is 21.1 Å². The predicted octanol–water partition coefficient (Wildman–Crippen LogP) is 7.03. The molecule has 4 aliphatic heterocycles. The Morgan fingerprint density at radius 3 is 1.30 bits per heavy atom. The highest BCUT2D eigenvalue weighted by Crippen LogP contribution is 2.36. The van der Waals surface area contributed by atoms with Gasteiger partial charge in [0.1, 0.15) is 36.0 Å². The summed E-state index contributed by atoms with van der Waals surface area (Å²) in [6, 6.07) is 19.5. The van der Waals surface area contributed by atoms with Crippen LogP contribution >= 0.6 is 37.7 Å². The number of nitrogens with one attached hydrogen (secondary N) is 3. The summed E-state index contributed by atoms with van der Waals surface area (Å²) in [6.45, 7) is 12.0. The third-order valence-electron chi connectivity index (χ3n) is 15.9. The minimum atomic E-state index is -4.56. The molecule has 4 aromatic carbocycles. The average Bonchev–Trinajstić information content (AvgIpc) is 1.72. The van der Waals surface area contributed by atoms with Crippen molar-refractivity contribution in [1.29, 1.82) is 0 Å². The van der Waals surface area contributed by atoms with Crippen LogP contribution in [0.2, 0.25) is 0 Å². The summed E-state index contributed by atoms with van der Waals surface area (Å²) in [5.41, 5.74) is 0.726. The zero-order valence-electron chi connectivity index (χ0n) is 55.3. The topological polar surface area (TPSA) is 312 Å². The first-order valence-electron chi connectivity index (χ1n) is 30.3. The molecule has 0 radical (unpaired) electrons. The SMILES string of the molecule is CC(=O)OC[C@H](CN(C(C)=O)c1ccc(CCS(=O)(=O)Cl)c(C)c1)OC(C)=O.CC(=O)OC[C@H](CN(C(C)=O)c1ccc(CCS(=O)(=O)N2CCC3(CC2)N=C(c2cccc(C(F)(F)F)c2)NC3=O)c(C)c1)OC(C)=O.O=C1NC(c2cccc(C(F)(F)F)c2)=NC12CCNCC2.S.S. The van der Waals surface area contributed by atoms with Crippen molar-refractivity contribution in [2.75, 3.05) is 73.8 Å². The summed E-state index contributed by atoms with van der Waals surface area (Å²) in [6.07, 6.45) is -9.03. The molecule has 0 saturated carbocycles. The van der Waals surface area contributed by atoms with Gasteiger partial charge in [0.2, 0.25) is 30.9 Å². The molecule has 0 bridgehead atoms. The molecular weight excluding hydrogens is 1410 g/mol. The Hall–Kier alpha value is -7.63. The summed E-state index contributed by atoms with van der Waals surface area (Å²) < 4.78 is 148. The third-order valence-corrected chi connectivity index (χ3v) is 19.0. The minimum Gasteiger partial charge on any atom is -0.462 e. The van der Waals surface area contributed by atoms with Crippen molar-refractivity contribution in [1.82, 2.24) is 20.3 Å². The number of rotatable bonds is 21. The van der Waals surface area contributed by atoms with Crippen LogP contribution in [0.25, 0.3) is 0 Å². The van der Waals surface area contributed by atoms with Crippen LogP contribution in [-0.4, -0.2) is 168 Å². The van der Waals surface area contributed by atoms with Crippen molar-refractivity contribution in [3.05, 3.63) is 129 Å². The Labute approximate surface area is 587 Å². The number of aryl methyl sites for hydroxylation is 4. The largest absolute Gasteiger partial charge is 0.462 e. The lowest BCUT2D eigenvalue weighted by atomic mass is 9.89. The molecule has 0 aromatic heterocycles. The van der Waals surface area contributed by atoms with Gasteiger partial charge in [0, 0.05) is 87.8 Å². The van der Waals surface area contributed by atoms with E-state index in [-0.39, 0.29) is 144 Å². The number of amidine groups is 2. The van der Waals surface area contributed by atoms with E-state index in [9.17, 15) is 81.5 Å². The number of hydrogen-bond acceptors (Lipinski definition) is 19.